The fourth-order valence-electron chi connectivity index (χ4n) is 2.80. The first-order chi connectivity index (χ1) is 8.33. The summed E-state index contributed by atoms with van der Waals surface area (Å²) in [5.74, 6) is 0. The van der Waals surface area contributed by atoms with E-state index in [-0.39, 0.29) is 0 Å². The number of nitrogens with one attached hydrogen (secondary N) is 1. The number of hydrogen-bond acceptors (Lipinski definition) is 2. The van der Waals surface area contributed by atoms with Gasteiger partial charge in [0, 0.05) is 31.2 Å². The van der Waals surface area contributed by atoms with Crippen molar-refractivity contribution >= 4 is 0 Å². The number of benzene rings is 1. The number of likely N-dealkylation sites (tertiary alicyclic amines) is 1. The lowest BCUT2D eigenvalue weighted by molar-refractivity contribution is 0.255. The van der Waals surface area contributed by atoms with E-state index in [4.69, 9.17) is 0 Å². The summed E-state index contributed by atoms with van der Waals surface area (Å²) >= 11 is 0. The molecule has 2 aliphatic rings. The molecule has 0 spiro atoms. The molecule has 0 aromatic heterocycles. The third-order valence-electron chi connectivity index (χ3n) is 4.10. The number of rotatable bonds is 4. The Kier molecular flexibility index (Phi) is 3.17. The van der Waals surface area contributed by atoms with Crippen LogP contribution in [0.5, 0.6) is 0 Å². The van der Waals surface area contributed by atoms with Gasteiger partial charge in [-0.2, -0.15) is 0 Å². The van der Waals surface area contributed by atoms with E-state index in [2.05, 4.69) is 47.5 Å². The molecular formula is C15H22N2. The van der Waals surface area contributed by atoms with Crippen LogP contribution >= 0.6 is 0 Å². The van der Waals surface area contributed by atoms with Gasteiger partial charge >= 0.3 is 0 Å². The minimum Gasteiger partial charge on any atom is -0.310 e. The molecule has 1 N–H and O–H groups in total. The first-order valence-electron chi connectivity index (χ1n) is 6.88. The highest BCUT2D eigenvalue weighted by Crippen LogP contribution is 2.26. The standard InChI is InChI=1S/C15H22N2/c1-12(13-5-3-2-4-6-13)17-10-9-15(11-17)16-14-7-8-14/h2-6,12,14-16H,7-11H2,1H3. The largest absolute Gasteiger partial charge is 0.310 e. The van der Waals surface area contributed by atoms with E-state index < -0.39 is 0 Å². The molecule has 1 saturated carbocycles. The second kappa shape index (κ2) is 4.79. The molecule has 1 heterocycles. The Morgan fingerprint density at radius 3 is 2.59 bits per heavy atom. The number of nitrogens with zero attached hydrogens (tertiary/aromatic N) is 1. The van der Waals surface area contributed by atoms with Gasteiger partial charge in [0.05, 0.1) is 0 Å². The zero-order valence-corrected chi connectivity index (χ0v) is 10.6. The van der Waals surface area contributed by atoms with Crippen LogP contribution < -0.4 is 5.32 Å². The third-order valence-corrected chi connectivity index (χ3v) is 4.10. The highest BCUT2D eigenvalue weighted by Gasteiger charge is 2.31. The summed E-state index contributed by atoms with van der Waals surface area (Å²) in [4.78, 5) is 2.61. The van der Waals surface area contributed by atoms with E-state index in [9.17, 15) is 0 Å². The van der Waals surface area contributed by atoms with Crippen molar-refractivity contribution in [2.24, 2.45) is 0 Å². The van der Waals surface area contributed by atoms with Crippen molar-refractivity contribution in [3.63, 3.8) is 0 Å². The molecule has 2 unspecified atom stereocenters. The predicted octanol–water partition coefficient (Wildman–Crippen LogP) is 2.57. The van der Waals surface area contributed by atoms with Gasteiger partial charge in [-0.05, 0) is 31.7 Å². The van der Waals surface area contributed by atoms with E-state index in [1.165, 1.54) is 37.9 Å². The van der Waals surface area contributed by atoms with E-state index in [0.717, 1.165) is 12.1 Å². The maximum Gasteiger partial charge on any atom is 0.0320 e. The molecule has 1 aromatic carbocycles. The van der Waals surface area contributed by atoms with Crippen LogP contribution in [0.2, 0.25) is 0 Å². The zero-order chi connectivity index (χ0) is 11.7. The predicted molar refractivity (Wildman–Crippen MR) is 71.0 cm³/mol. The lowest BCUT2D eigenvalue weighted by Crippen LogP contribution is -2.34. The highest BCUT2D eigenvalue weighted by molar-refractivity contribution is 5.18. The highest BCUT2D eigenvalue weighted by atomic mass is 15.2. The van der Waals surface area contributed by atoms with Crippen molar-refractivity contribution in [2.75, 3.05) is 13.1 Å². The number of hydrogen-bond donors (Lipinski definition) is 1. The Balaban J connectivity index is 1.58. The summed E-state index contributed by atoms with van der Waals surface area (Å²) < 4.78 is 0. The minimum absolute atomic E-state index is 0.558. The summed E-state index contributed by atoms with van der Waals surface area (Å²) in [6, 6.07) is 13.0. The van der Waals surface area contributed by atoms with Gasteiger partial charge in [-0.25, -0.2) is 0 Å². The van der Waals surface area contributed by atoms with Crippen molar-refractivity contribution in [1.29, 1.82) is 0 Å². The molecule has 1 aliphatic heterocycles. The van der Waals surface area contributed by atoms with Gasteiger partial charge in [-0.15, -0.1) is 0 Å². The lowest BCUT2D eigenvalue weighted by atomic mass is 10.1. The van der Waals surface area contributed by atoms with E-state index in [1.807, 2.05) is 0 Å². The smallest absolute Gasteiger partial charge is 0.0320 e. The van der Waals surface area contributed by atoms with E-state index in [1.54, 1.807) is 0 Å². The second-order valence-electron chi connectivity index (χ2n) is 5.51. The van der Waals surface area contributed by atoms with Crippen LogP contribution in [0.1, 0.15) is 37.8 Å². The van der Waals surface area contributed by atoms with Gasteiger partial charge < -0.3 is 5.32 Å². The van der Waals surface area contributed by atoms with Crippen molar-refractivity contribution in [3.8, 4) is 0 Å². The molecule has 17 heavy (non-hydrogen) atoms. The molecule has 0 bridgehead atoms. The monoisotopic (exact) mass is 230 g/mol. The van der Waals surface area contributed by atoms with Crippen molar-refractivity contribution in [2.45, 2.75) is 44.3 Å². The van der Waals surface area contributed by atoms with E-state index in [0.29, 0.717) is 6.04 Å². The van der Waals surface area contributed by atoms with Crippen LogP contribution in [-0.2, 0) is 0 Å². The van der Waals surface area contributed by atoms with Crippen LogP contribution in [0.25, 0.3) is 0 Å². The Morgan fingerprint density at radius 2 is 1.88 bits per heavy atom. The molecule has 3 rings (SSSR count). The molecular weight excluding hydrogens is 208 g/mol. The van der Waals surface area contributed by atoms with Crippen molar-refractivity contribution < 1.29 is 0 Å². The topological polar surface area (TPSA) is 15.3 Å². The molecule has 1 saturated heterocycles. The van der Waals surface area contributed by atoms with Gasteiger partial charge in [-0.3, -0.25) is 4.90 Å². The third kappa shape index (κ3) is 2.70. The van der Waals surface area contributed by atoms with Crippen LogP contribution in [0, 0.1) is 0 Å². The SMILES string of the molecule is CC(c1ccccc1)N1CCC(NC2CC2)C1. The van der Waals surface area contributed by atoms with Gasteiger partial charge in [0.2, 0.25) is 0 Å². The van der Waals surface area contributed by atoms with Crippen LogP contribution in [-0.4, -0.2) is 30.1 Å². The van der Waals surface area contributed by atoms with Gasteiger partial charge in [0.1, 0.15) is 0 Å². The molecule has 2 fully saturated rings. The van der Waals surface area contributed by atoms with Crippen LogP contribution in [0.15, 0.2) is 30.3 Å². The fraction of sp³-hybridized carbons (Fsp3) is 0.600. The quantitative estimate of drug-likeness (QED) is 0.855. The van der Waals surface area contributed by atoms with Gasteiger partial charge in [0.15, 0.2) is 0 Å². The fourth-order valence-corrected chi connectivity index (χ4v) is 2.80. The Bertz CT molecular complexity index is 358. The van der Waals surface area contributed by atoms with Crippen molar-refractivity contribution in [1.82, 2.24) is 10.2 Å². The summed E-state index contributed by atoms with van der Waals surface area (Å²) in [6.07, 6.45) is 4.10. The average molecular weight is 230 g/mol. The summed E-state index contributed by atoms with van der Waals surface area (Å²) in [7, 11) is 0. The van der Waals surface area contributed by atoms with Crippen molar-refractivity contribution in [3.05, 3.63) is 35.9 Å². The van der Waals surface area contributed by atoms with Gasteiger partial charge in [-0.1, -0.05) is 30.3 Å². The normalized spacial score (nSPS) is 27.2. The molecule has 2 heteroatoms. The maximum atomic E-state index is 3.75. The summed E-state index contributed by atoms with van der Waals surface area (Å²) in [6.45, 7) is 4.78. The van der Waals surface area contributed by atoms with Gasteiger partial charge in [0.25, 0.3) is 0 Å². The Labute approximate surface area is 104 Å². The molecule has 2 nitrogen and oxygen atoms in total. The lowest BCUT2D eigenvalue weighted by Gasteiger charge is -2.24. The molecule has 0 radical (unpaired) electrons. The maximum absolute atomic E-state index is 3.75. The molecule has 0 amide bonds. The summed E-state index contributed by atoms with van der Waals surface area (Å²) in [5, 5.41) is 3.75. The average Bonchev–Trinajstić information content (AvgIpc) is 3.06. The van der Waals surface area contributed by atoms with Crippen LogP contribution in [0.3, 0.4) is 0 Å². The molecule has 1 aliphatic carbocycles. The Hall–Kier alpha value is -0.860. The molecule has 1 aromatic rings. The first-order valence-corrected chi connectivity index (χ1v) is 6.88. The first kappa shape index (κ1) is 11.2. The molecule has 92 valence electrons. The molecule has 2 atom stereocenters. The minimum atomic E-state index is 0.558. The second-order valence-corrected chi connectivity index (χ2v) is 5.51. The van der Waals surface area contributed by atoms with E-state index >= 15 is 0 Å². The van der Waals surface area contributed by atoms with Crippen LogP contribution in [0.4, 0.5) is 0 Å². The Morgan fingerprint density at radius 1 is 1.12 bits per heavy atom. The summed E-state index contributed by atoms with van der Waals surface area (Å²) in [5.41, 5.74) is 1.44. The zero-order valence-electron chi connectivity index (χ0n) is 10.6.